The molecule has 0 aliphatic carbocycles. The molecule has 0 radical (unpaired) electrons. The Morgan fingerprint density at radius 3 is 2.47 bits per heavy atom. The van der Waals surface area contributed by atoms with Gasteiger partial charge in [0.05, 0.1) is 0 Å². The monoisotopic (exact) mass is 264 g/mol. The Labute approximate surface area is 113 Å². The highest BCUT2D eigenvalue weighted by Crippen LogP contribution is 2.14. The third kappa shape index (κ3) is 5.76. The molecule has 0 aliphatic heterocycles. The maximum atomic E-state index is 10.4. The summed E-state index contributed by atoms with van der Waals surface area (Å²) in [5.74, 6) is -0.189. The fourth-order valence-corrected chi connectivity index (χ4v) is 1.11. The molecule has 0 bridgehead atoms. The molecule has 0 atom stereocenters. The quantitative estimate of drug-likeness (QED) is 0.514. The zero-order chi connectivity index (χ0) is 14.8. The molecule has 1 heterocycles. The van der Waals surface area contributed by atoms with E-state index in [0.717, 1.165) is 0 Å². The van der Waals surface area contributed by atoms with E-state index in [2.05, 4.69) is 9.98 Å². The summed E-state index contributed by atoms with van der Waals surface area (Å²) in [4.78, 5) is 17.8. The number of hydrogen-bond donors (Lipinski definition) is 1. The Kier molecular flexibility index (Phi) is 7.76. The number of rotatable bonds is 4. The highest BCUT2D eigenvalue weighted by Gasteiger charge is 2.08. The number of hydrogen-bond acceptors (Lipinski definition) is 5. The van der Waals surface area contributed by atoms with Gasteiger partial charge in [0.2, 0.25) is 0 Å². The highest BCUT2D eigenvalue weighted by atomic mass is 16.6. The van der Waals surface area contributed by atoms with Crippen molar-refractivity contribution < 1.29 is 4.92 Å². The van der Waals surface area contributed by atoms with Gasteiger partial charge in [0.15, 0.2) is 0 Å². The Morgan fingerprint density at radius 2 is 2.11 bits per heavy atom. The van der Waals surface area contributed by atoms with Crippen LogP contribution < -0.4 is 5.73 Å². The van der Waals surface area contributed by atoms with Gasteiger partial charge in [0, 0.05) is 35.7 Å². The molecule has 0 unspecified atom stereocenters. The number of nitrogens with zero attached hydrogens (tertiary/aromatic N) is 3. The number of aromatic nitrogens is 1. The molecule has 0 fully saturated rings. The summed E-state index contributed by atoms with van der Waals surface area (Å²) in [6.07, 6.45) is 4.44. The second kappa shape index (κ2) is 8.79. The first-order valence-corrected chi connectivity index (χ1v) is 6.10. The second-order valence-corrected chi connectivity index (χ2v) is 3.66. The van der Waals surface area contributed by atoms with Crippen molar-refractivity contribution in [3.8, 4) is 0 Å². The lowest BCUT2D eigenvalue weighted by molar-refractivity contribution is -0.389. The third-order valence-electron chi connectivity index (χ3n) is 1.96. The van der Waals surface area contributed by atoms with Crippen LogP contribution in [0.3, 0.4) is 0 Å². The Morgan fingerprint density at radius 1 is 1.47 bits per heavy atom. The normalized spacial score (nSPS) is 11.3. The van der Waals surface area contributed by atoms with Crippen molar-refractivity contribution in [2.75, 3.05) is 0 Å². The van der Waals surface area contributed by atoms with Crippen molar-refractivity contribution in [2.24, 2.45) is 10.7 Å². The largest absolute Gasteiger partial charge is 0.404 e. The average Bonchev–Trinajstić information content (AvgIpc) is 2.42. The van der Waals surface area contributed by atoms with Crippen molar-refractivity contribution in [2.45, 2.75) is 33.7 Å². The molecule has 2 N–H and O–H groups in total. The van der Waals surface area contributed by atoms with E-state index >= 15 is 0 Å². The lowest BCUT2D eigenvalue weighted by Crippen LogP contribution is -1.97. The first kappa shape index (κ1) is 16.8. The molecule has 104 valence electrons. The molecule has 19 heavy (non-hydrogen) atoms. The minimum absolute atomic E-state index is 0.163. The van der Waals surface area contributed by atoms with Gasteiger partial charge in [-0.2, -0.15) is 0 Å². The zero-order valence-electron chi connectivity index (χ0n) is 11.7. The smallest absolute Gasteiger partial charge is 0.363 e. The van der Waals surface area contributed by atoms with E-state index < -0.39 is 4.92 Å². The molecule has 1 rings (SSSR count). The maximum Gasteiger partial charge on any atom is 0.363 e. The van der Waals surface area contributed by atoms with E-state index in [4.69, 9.17) is 5.73 Å². The minimum atomic E-state index is -0.544. The zero-order valence-corrected chi connectivity index (χ0v) is 11.7. The highest BCUT2D eigenvalue weighted by molar-refractivity contribution is 6.09. The molecule has 0 saturated heterocycles. The summed E-state index contributed by atoms with van der Waals surface area (Å²) >= 11 is 0. The standard InChI is InChI=1S/C11H14N4O2.C2H6/c1-8(2)13-7-10(5-12)9-3-4-11(14-6-9)15(16)17;1-2/h3-8H,12H2,1-2H3;1-2H3/b10-5+,13-7?;. The first-order valence-electron chi connectivity index (χ1n) is 6.10. The maximum absolute atomic E-state index is 10.4. The predicted molar refractivity (Wildman–Crippen MR) is 78.0 cm³/mol. The van der Waals surface area contributed by atoms with Crippen LogP contribution in [0.15, 0.2) is 29.5 Å². The fourth-order valence-electron chi connectivity index (χ4n) is 1.11. The van der Waals surface area contributed by atoms with Gasteiger partial charge in [0.1, 0.15) is 6.20 Å². The fraction of sp³-hybridized carbons (Fsp3) is 0.385. The van der Waals surface area contributed by atoms with Gasteiger partial charge >= 0.3 is 5.82 Å². The molecule has 0 spiro atoms. The minimum Gasteiger partial charge on any atom is -0.404 e. The van der Waals surface area contributed by atoms with E-state index in [9.17, 15) is 10.1 Å². The lowest BCUT2D eigenvalue weighted by atomic mass is 10.1. The number of aliphatic imine (C=N–C) groups is 1. The Hall–Kier alpha value is -2.24. The number of pyridine rings is 1. The Balaban J connectivity index is 0.00000154. The van der Waals surface area contributed by atoms with Gasteiger partial charge in [-0.25, -0.2) is 0 Å². The summed E-state index contributed by atoms with van der Waals surface area (Å²) in [7, 11) is 0. The average molecular weight is 264 g/mol. The van der Waals surface area contributed by atoms with Gasteiger partial charge in [-0.1, -0.05) is 13.8 Å². The number of nitrogens with two attached hydrogens (primary N) is 1. The van der Waals surface area contributed by atoms with Crippen LogP contribution in [0, 0.1) is 10.1 Å². The SMILES string of the molecule is CC.CC(C)N=C/C(=C\N)c1ccc([N+](=O)[O-])nc1. The summed E-state index contributed by atoms with van der Waals surface area (Å²) in [6, 6.07) is 3.09. The van der Waals surface area contributed by atoms with Crippen LogP contribution in [0.5, 0.6) is 0 Å². The number of allylic oxidation sites excluding steroid dienone is 1. The van der Waals surface area contributed by atoms with Crippen LogP contribution in [0.1, 0.15) is 33.3 Å². The summed E-state index contributed by atoms with van der Waals surface area (Å²) in [5.41, 5.74) is 6.85. The van der Waals surface area contributed by atoms with E-state index in [0.29, 0.717) is 11.1 Å². The van der Waals surface area contributed by atoms with Crippen molar-refractivity contribution in [1.29, 1.82) is 0 Å². The van der Waals surface area contributed by atoms with Gasteiger partial charge < -0.3 is 15.8 Å². The van der Waals surface area contributed by atoms with Crippen LogP contribution in [0.2, 0.25) is 0 Å². The Bertz CT molecular complexity index is 450. The van der Waals surface area contributed by atoms with Crippen molar-refractivity contribution in [1.82, 2.24) is 4.98 Å². The summed E-state index contributed by atoms with van der Waals surface area (Å²) < 4.78 is 0. The van der Waals surface area contributed by atoms with Crippen LogP contribution in [0.4, 0.5) is 5.82 Å². The summed E-state index contributed by atoms with van der Waals surface area (Å²) in [6.45, 7) is 7.89. The molecular weight excluding hydrogens is 244 g/mol. The van der Waals surface area contributed by atoms with Gasteiger partial charge in [-0.15, -0.1) is 0 Å². The molecular formula is C13H20N4O2. The van der Waals surface area contributed by atoms with Crippen LogP contribution in [-0.2, 0) is 0 Å². The topological polar surface area (TPSA) is 94.4 Å². The van der Waals surface area contributed by atoms with Crippen LogP contribution in [-0.4, -0.2) is 22.2 Å². The van der Waals surface area contributed by atoms with Gasteiger partial charge in [0.25, 0.3) is 0 Å². The van der Waals surface area contributed by atoms with Gasteiger partial charge in [-0.05, 0) is 29.8 Å². The van der Waals surface area contributed by atoms with E-state index in [1.165, 1.54) is 18.5 Å². The van der Waals surface area contributed by atoms with Crippen molar-refractivity contribution in [3.63, 3.8) is 0 Å². The van der Waals surface area contributed by atoms with Crippen molar-refractivity contribution >= 4 is 17.6 Å². The van der Waals surface area contributed by atoms with Crippen LogP contribution in [0.25, 0.3) is 5.57 Å². The molecule has 0 amide bonds. The van der Waals surface area contributed by atoms with Crippen LogP contribution >= 0.6 is 0 Å². The molecule has 1 aromatic rings. The molecule has 0 aromatic carbocycles. The molecule has 6 heteroatoms. The number of nitro groups is 1. The van der Waals surface area contributed by atoms with E-state index in [-0.39, 0.29) is 11.9 Å². The predicted octanol–water partition coefficient (Wildman–Crippen LogP) is 2.79. The molecule has 1 aromatic heterocycles. The second-order valence-electron chi connectivity index (χ2n) is 3.66. The van der Waals surface area contributed by atoms with Crippen molar-refractivity contribution in [3.05, 3.63) is 40.2 Å². The molecule has 0 aliphatic rings. The molecule has 0 saturated carbocycles. The van der Waals surface area contributed by atoms with Gasteiger partial charge in [-0.3, -0.25) is 4.99 Å². The van der Waals surface area contributed by atoms with E-state index in [1.807, 2.05) is 27.7 Å². The van der Waals surface area contributed by atoms with E-state index in [1.54, 1.807) is 12.3 Å². The first-order chi connectivity index (χ1) is 9.04. The summed E-state index contributed by atoms with van der Waals surface area (Å²) in [5, 5.41) is 10.4. The third-order valence-corrected chi connectivity index (χ3v) is 1.96. The molecule has 6 nitrogen and oxygen atoms in total. The lowest BCUT2D eigenvalue weighted by Gasteiger charge is -2.00.